The van der Waals surface area contributed by atoms with E-state index in [1.807, 2.05) is 60.7 Å². The van der Waals surface area contributed by atoms with Crippen molar-refractivity contribution < 1.29 is 9.90 Å². The average molecular weight is 332 g/mol. The van der Waals surface area contributed by atoms with Crippen molar-refractivity contribution >= 4 is 16.8 Å². The SMILES string of the molecule is O=C(c1cccc2ncccc12)N1CC[C@@H](c2ccccc2)[C@H](O)C1. The molecule has 1 N–H and O–H groups in total. The monoisotopic (exact) mass is 332 g/mol. The van der Waals surface area contributed by atoms with E-state index in [0.717, 1.165) is 22.9 Å². The number of amides is 1. The van der Waals surface area contributed by atoms with Crippen LogP contribution in [0.4, 0.5) is 0 Å². The lowest BCUT2D eigenvalue weighted by Gasteiger charge is -2.36. The van der Waals surface area contributed by atoms with Crippen LogP contribution in [0.25, 0.3) is 10.9 Å². The zero-order valence-electron chi connectivity index (χ0n) is 13.9. The number of likely N-dealkylation sites (tertiary alicyclic amines) is 1. The first-order chi connectivity index (χ1) is 12.2. The molecule has 1 aliphatic rings. The molecule has 1 saturated heterocycles. The molecule has 2 atom stereocenters. The third kappa shape index (κ3) is 3.01. The molecule has 126 valence electrons. The van der Waals surface area contributed by atoms with Gasteiger partial charge in [0.15, 0.2) is 0 Å². The maximum atomic E-state index is 13.0. The van der Waals surface area contributed by atoms with Gasteiger partial charge in [-0.2, -0.15) is 0 Å². The highest BCUT2D eigenvalue weighted by Crippen LogP contribution is 2.29. The summed E-state index contributed by atoms with van der Waals surface area (Å²) in [6.07, 6.45) is 1.94. The van der Waals surface area contributed by atoms with E-state index in [0.29, 0.717) is 18.7 Å². The van der Waals surface area contributed by atoms with E-state index >= 15 is 0 Å². The number of fused-ring (bicyclic) bond motifs is 1. The third-order valence-corrected chi connectivity index (χ3v) is 4.97. The molecule has 3 aromatic rings. The van der Waals surface area contributed by atoms with Gasteiger partial charge in [-0.15, -0.1) is 0 Å². The van der Waals surface area contributed by atoms with Crippen LogP contribution in [0.15, 0.2) is 66.9 Å². The lowest BCUT2D eigenvalue weighted by molar-refractivity contribution is 0.0383. The highest BCUT2D eigenvalue weighted by atomic mass is 16.3. The first kappa shape index (κ1) is 15.8. The number of aromatic nitrogens is 1. The maximum absolute atomic E-state index is 13.0. The van der Waals surface area contributed by atoms with Gasteiger partial charge >= 0.3 is 0 Å². The molecule has 4 rings (SSSR count). The number of carbonyl (C=O) groups is 1. The van der Waals surface area contributed by atoms with E-state index in [9.17, 15) is 9.90 Å². The van der Waals surface area contributed by atoms with Crippen molar-refractivity contribution in [1.29, 1.82) is 0 Å². The molecule has 4 heteroatoms. The molecular formula is C21H20N2O2. The first-order valence-electron chi connectivity index (χ1n) is 8.60. The average Bonchev–Trinajstić information content (AvgIpc) is 2.67. The van der Waals surface area contributed by atoms with Gasteiger partial charge in [-0.25, -0.2) is 0 Å². The molecule has 1 aliphatic heterocycles. The Hall–Kier alpha value is -2.72. The molecular weight excluding hydrogens is 312 g/mol. The molecule has 0 spiro atoms. The summed E-state index contributed by atoms with van der Waals surface area (Å²) in [5.74, 6) is 0.0450. The van der Waals surface area contributed by atoms with Crippen LogP contribution in [0, 0.1) is 0 Å². The van der Waals surface area contributed by atoms with Gasteiger partial charge in [0.25, 0.3) is 5.91 Å². The van der Waals surface area contributed by atoms with E-state index in [1.54, 1.807) is 11.1 Å². The van der Waals surface area contributed by atoms with Crippen molar-refractivity contribution in [1.82, 2.24) is 9.88 Å². The van der Waals surface area contributed by atoms with Gasteiger partial charge in [-0.3, -0.25) is 9.78 Å². The Morgan fingerprint density at radius 1 is 1.04 bits per heavy atom. The second-order valence-electron chi connectivity index (χ2n) is 6.50. The largest absolute Gasteiger partial charge is 0.391 e. The molecule has 0 radical (unpaired) electrons. The number of aliphatic hydroxyl groups excluding tert-OH is 1. The van der Waals surface area contributed by atoms with Crippen LogP contribution in [-0.2, 0) is 0 Å². The van der Waals surface area contributed by atoms with Crippen LogP contribution < -0.4 is 0 Å². The van der Waals surface area contributed by atoms with Crippen LogP contribution in [0.1, 0.15) is 28.3 Å². The van der Waals surface area contributed by atoms with Crippen LogP contribution in [0.5, 0.6) is 0 Å². The number of benzene rings is 2. The van der Waals surface area contributed by atoms with Crippen molar-refractivity contribution in [2.45, 2.75) is 18.4 Å². The Balaban J connectivity index is 1.56. The van der Waals surface area contributed by atoms with Crippen molar-refractivity contribution in [3.63, 3.8) is 0 Å². The smallest absolute Gasteiger partial charge is 0.254 e. The number of aliphatic hydroxyl groups is 1. The summed E-state index contributed by atoms with van der Waals surface area (Å²) in [5, 5.41) is 11.5. The number of pyridine rings is 1. The summed E-state index contributed by atoms with van der Waals surface area (Å²) in [6, 6.07) is 19.4. The number of hydrogen-bond donors (Lipinski definition) is 1. The zero-order valence-corrected chi connectivity index (χ0v) is 13.9. The minimum absolute atomic E-state index is 0.0378. The van der Waals surface area contributed by atoms with Gasteiger partial charge in [-0.1, -0.05) is 42.5 Å². The minimum atomic E-state index is -0.548. The van der Waals surface area contributed by atoms with Crippen LogP contribution in [-0.4, -0.2) is 40.1 Å². The summed E-state index contributed by atoms with van der Waals surface area (Å²) >= 11 is 0. The summed E-state index contributed by atoms with van der Waals surface area (Å²) < 4.78 is 0. The second-order valence-corrected chi connectivity index (χ2v) is 6.50. The number of rotatable bonds is 2. The lowest BCUT2D eigenvalue weighted by atomic mass is 9.87. The fraction of sp³-hybridized carbons (Fsp3) is 0.238. The van der Waals surface area contributed by atoms with Crippen molar-refractivity contribution in [2.75, 3.05) is 13.1 Å². The van der Waals surface area contributed by atoms with E-state index in [-0.39, 0.29) is 11.8 Å². The number of carbonyl (C=O) groups excluding carboxylic acids is 1. The highest BCUT2D eigenvalue weighted by Gasteiger charge is 2.31. The normalized spacial score (nSPS) is 20.6. The summed E-state index contributed by atoms with van der Waals surface area (Å²) in [5.41, 5.74) is 2.60. The maximum Gasteiger partial charge on any atom is 0.254 e. The van der Waals surface area contributed by atoms with E-state index < -0.39 is 6.10 Å². The molecule has 25 heavy (non-hydrogen) atoms. The Kier molecular flexibility index (Phi) is 4.20. The molecule has 1 aromatic heterocycles. The molecule has 2 aromatic carbocycles. The number of hydrogen-bond acceptors (Lipinski definition) is 3. The standard InChI is InChI=1S/C21H20N2O2/c24-20-14-23(13-11-16(20)15-6-2-1-3-7-15)21(25)18-8-4-10-19-17(18)9-5-12-22-19/h1-10,12,16,20,24H,11,13-14H2/t16-,20+/m0/s1. The number of β-amino-alcohol motifs (C(OH)–C–C–N with tert-alkyl or cyclic N) is 1. The van der Waals surface area contributed by atoms with Crippen molar-refractivity contribution in [3.8, 4) is 0 Å². The van der Waals surface area contributed by atoms with Crippen LogP contribution in [0.2, 0.25) is 0 Å². The fourth-order valence-electron chi connectivity index (χ4n) is 3.67. The van der Waals surface area contributed by atoms with E-state index in [4.69, 9.17) is 0 Å². The molecule has 0 unspecified atom stereocenters. The second kappa shape index (κ2) is 6.65. The molecule has 4 nitrogen and oxygen atoms in total. The minimum Gasteiger partial charge on any atom is -0.391 e. The van der Waals surface area contributed by atoms with Gasteiger partial charge in [-0.05, 0) is 30.2 Å². The molecule has 2 heterocycles. The Labute approximate surface area is 146 Å². The van der Waals surface area contributed by atoms with Gasteiger partial charge < -0.3 is 10.0 Å². The Morgan fingerprint density at radius 2 is 1.88 bits per heavy atom. The highest BCUT2D eigenvalue weighted by molar-refractivity contribution is 6.06. The fourth-order valence-corrected chi connectivity index (χ4v) is 3.67. The Morgan fingerprint density at radius 3 is 2.68 bits per heavy atom. The number of piperidine rings is 1. The predicted octanol–water partition coefficient (Wildman–Crippen LogP) is 3.23. The van der Waals surface area contributed by atoms with Gasteiger partial charge in [0, 0.05) is 36.2 Å². The van der Waals surface area contributed by atoms with E-state index in [2.05, 4.69) is 4.98 Å². The topological polar surface area (TPSA) is 53.4 Å². The summed E-state index contributed by atoms with van der Waals surface area (Å²) in [6.45, 7) is 1.00. The third-order valence-electron chi connectivity index (χ3n) is 4.97. The van der Waals surface area contributed by atoms with Gasteiger partial charge in [0.1, 0.15) is 0 Å². The molecule has 1 fully saturated rings. The number of nitrogens with zero attached hydrogens (tertiary/aromatic N) is 2. The summed E-state index contributed by atoms with van der Waals surface area (Å²) in [7, 11) is 0. The molecule has 0 aliphatic carbocycles. The Bertz CT molecular complexity index is 889. The molecule has 0 bridgehead atoms. The lowest BCUT2D eigenvalue weighted by Crippen LogP contribution is -2.45. The molecule has 1 amide bonds. The van der Waals surface area contributed by atoms with E-state index in [1.165, 1.54) is 0 Å². The summed E-state index contributed by atoms with van der Waals surface area (Å²) in [4.78, 5) is 19.1. The van der Waals surface area contributed by atoms with Gasteiger partial charge in [0.2, 0.25) is 0 Å². The zero-order chi connectivity index (χ0) is 17.2. The van der Waals surface area contributed by atoms with Crippen molar-refractivity contribution in [2.24, 2.45) is 0 Å². The molecule has 0 saturated carbocycles. The van der Waals surface area contributed by atoms with Crippen LogP contribution in [0.3, 0.4) is 0 Å². The predicted molar refractivity (Wildman–Crippen MR) is 97.5 cm³/mol. The van der Waals surface area contributed by atoms with Gasteiger partial charge in [0.05, 0.1) is 11.6 Å². The van der Waals surface area contributed by atoms with Crippen LogP contribution >= 0.6 is 0 Å². The quantitative estimate of drug-likeness (QED) is 0.784. The van der Waals surface area contributed by atoms with Crippen molar-refractivity contribution in [3.05, 3.63) is 78.0 Å². The first-order valence-corrected chi connectivity index (χ1v) is 8.60.